The molecule has 4 N–H and O–H groups in total. The van der Waals surface area contributed by atoms with Gasteiger partial charge >= 0.3 is 0 Å². The van der Waals surface area contributed by atoms with Crippen LogP contribution in [-0.4, -0.2) is 37.6 Å². The monoisotopic (exact) mass is 504 g/mol. The number of rotatable bonds is 12. The van der Waals surface area contributed by atoms with Gasteiger partial charge in [-0.15, -0.1) is 24.0 Å². The Hall–Kier alpha value is -1.51. The van der Waals surface area contributed by atoms with Crippen LogP contribution in [0.4, 0.5) is 0 Å². The second-order valence-corrected chi connectivity index (χ2v) is 7.28. The van der Waals surface area contributed by atoms with Gasteiger partial charge in [-0.2, -0.15) is 0 Å². The smallest absolute Gasteiger partial charge is 0.255 e. The van der Waals surface area contributed by atoms with Gasteiger partial charge in [-0.05, 0) is 50.3 Å². The lowest BCUT2D eigenvalue weighted by atomic mass is 10.0. The Morgan fingerprint density at radius 3 is 2.43 bits per heavy atom. The van der Waals surface area contributed by atoms with Crippen LogP contribution < -0.4 is 21.1 Å². The number of amides is 1. The molecule has 0 aromatic heterocycles. The van der Waals surface area contributed by atoms with Crippen LogP contribution >= 0.6 is 24.0 Å². The first-order chi connectivity index (χ1) is 12.9. The fourth-order valence-electron chi connectivity index (χ4n) is 2.66. The molecule has 0 spiro atoms. The highest BCUT2D eigenvalue weighted by Gasteiger charge is 2.06. The molecule has 0 aliphatic rings. The summed E-state index contributed by atoms with van der Waals surface area (Å²) in [5.41, 5.74) is 6.24. The normalized spacial score (nSPS) is 12.2. The van der Waals surface area contributed by atoms with Crippen molar-refractivity contribution in [2.45, 2.75) is 59.4 Å². The third-order valence-electron chi connectivity index (χ3n) is 4.12. The van der Waals surface area contributed by atoms with Gasteiger partial charge in [0.25, 0.3) is 5.91 Å². The Morgan fingerprint density at radius 1 is 1.18 bits per heavy atom. The summed E-state index contributed by atoms with van der Waals surface area (Å²) in [6, 6.07) is 8.08. The van der Waals surface area contributed by atoms with Crippen molar-refractivity contribution in [3.05, 3.63) is 29.8 Å². The van der Waals surface area contributed by atoms with E-state index in [2.05, 4.69) is 43.3 Å². The number of primary amides is 1. The second-order valence-electron chi connectivity index (χ2n) is 7.28. The number of hydrogen-bond acceptors (Lipinski definition) is 3. The quantitative estimate of drug-likeness (QED) is 0.231. The second kappa shape index (κ2) is 15.4. The van der Waals surface area contributed by atoms with Crippen molar-refractivity contribution in [2.24, 2.45) is 16.6 Å². The highest BCUT2D eigenvalue weighted by Crippen LogP contribution is 2.12. The number of hydrogen-bond donors (Lipinski definition) is 3. The van der Waals surface area contributed by atoms with Crippen LogP contribution in [0, 0.1) is 5.92 Å². The van der Waals surface area contributed by atoms with Crippen LogP contribution in [0.2, 0.25) is 0 Å². The van der Waals surface area contributed by atoms with E-state index in [0.717, 1.165) is 31.3 Å². The van der Waals surface area contributed by atoms with Crippen molar-refractivity contribution >= 4 is 35.8 Å². The largest absolute Gasteiger partial charge is 0.484 e. The van der Waals surface area contributed by atoms with Gasteiger partial charge in [-0.3, -0.25) is 9.79 Å². The minimum atomic E-state index is -0.477. The number of carbonyl (C=O) groups excluding carboxylic acids is 1. The van der Waals surface area contributed by atoms with E-state index in [0.29, 0.717) is 18.3 Å². The number of ether oxygens (including phenoxy) is 1. The predicted octanol–water partition coefficient (Wildman–Crippen LogP) is 3.48. The first-order valence-electron chi connectivity index (χ1n) is 9.95. The van der Waals surface area contributed by atoms with Gasteiger partial charge in [0.1, 0.15) is 5.75 Å². The highest BCUT2D eigenvalue weighted by atomic mass is 127. The molecule has 0 aliphatic heterocycles. The number of guanidine groups is 1. The number of benzene rings is 1. The number of nitrogens with one attached hydrogen (secondary N) is 2. The number of halogens is 1. The molecule has 0 heterocycles. The molecule has 28 heavy (non-hydrogen) atoms. The van der Waals surface area contributed by atoms with Crippen molar-refractivity contribution in [3.8, 4) is 5.75 Å². The van der Waals surface area contributed by atoms with Crippen LogP contribution in [0.1, 0.15) is 52.5 Å². The molecule has 0 bridgehead atoms. The van der Waals surface area contributed by atoms with Crippen molar-refractivity contribution in [3.63, 3.8) is 0 Å². The van der Waals surface area contributed by atoms with Crippen molar-refractivity contribution < 1.29 is 9.53 Å². The van der Waals surface area contributed by atoms with Gasteiger partial charge < -0.3 is 21.1 Å². The Morgan fingerprint density at radius 2 is 1.86 bits per heavy atom. The third kappa shape index (κ3) is 12.8. The summed E-state index contributed by atoms with van der Waals surface area (Å²) < 4.78 is 5.27. The van der Waals surface area contributed by atoms with Crippen molar-refractivity contribution in [1.82, 2.24) is 10.6 Å². The van der Waals surface area contributed by atoms with E-state index in [4.69, 9.17) is 10.5 Å². The minimum absolute atomic E-state index is 0. The molecule has 0 aliphatic carbocycles. The summed E-state index contributed by atoms with van der Waals surface area (Å²) in [4.78, 5) is 15.4. The summed E-state index contributed by atoms with van der Waals surface area (Å²) in [5, 5.41) is 6.80. The van der Waals surface area contributed by atoms with Gasteiger partial charge in [0.2, 0.25) is 0 Å². The maximum Gasteiger partial charge on any atom is 0.255 e. The SMILES string of the molecule is CCNC(=NCCc1ccc(OCC(N)=O)cc1)NC(C)CCCC(C)C.I. The van der Waals surface area contributed by atoms with Gasteiger partial charge in [0.05, 0.1) is 0 Å². The molecule has 1 rings (SSSR count). The molecule has 0 fully saturated rings. The molecule has 1 atom stereocenters. The summed E-state index contributed by atoms with van der Waals surface area (Å²) in [6.45, 7) is 10.3. The van der Waals surface area contributed by atoms with Gasteiger partial charge in [0, 0.05) is 19.1 Å². The van der Waals surface area contributed by atoms with Crippen molar-refractivity contribution in [2.75, 3.05) is 19.7 Å². The number of carbonyl (C=O) groups is 1. The van der Waals surface area contributed by atoms with Crippen LogP contribution in [0.25, 0.3) is 0 Å². The summed E-state index contributed by atoms with van der Waals surface area (Å²) in [5.74, 6) is 1.80. The molecule has 160 valence electrons. The Balaban J connectivity index is 0.00000729. The topological polar surface area (TPSA) is 88.7 Å². The lowest BCUT2D eigenvalue weighted by Crippen LogP contribution is -2.42. The Bertz CT molecular complexity index is 576. The van der Waals surface area contributed by atoms with Gasteiger partial charge in [-0.25, -0.2) is 0 Å². The molecule has 1 aromatic carbocycles. The first-order valence-corrected chi connectivity index (χ1v) is 9.95. The zero-order valence-electron chi connectivity index (χ0n) is 17.7. The van der Waals surface area contributed by atoms with E-state index < -0.39 is 5.91 Å². The molecule has 1 amide bonds. The number of nitrogens with two attached hydrogens (primary N) is 1. The molecular weight excluding hydrogens is 467 g/mol. The van der Waals surface area contributed by atoms with E-state index >= 15 is 0 Å². The zero-order valence-corrected chi connectivity index (χ0v) is 20.0. The molecule has 6 nitrogen and oxygen atoms in total. The van der Waals surface area contributed by atoms with Gasteiger partial charge in [0.15, 0.2) is 12.6 Å². The van der Waals surface area contributed by atoms with E-state index in [1.165, 1.54) is 18.4 Å². The highest BCUT2D eigenvalue weighted by molar-refractivity contribution is 14.0. The van der Waals surface area contributed by atoms with E-state index in [-0.39, 0.29) is 30.6 Å². The molecule has 0 radical (unpaired) electrons. The number of aliphatic imine (C=N–C) groups is 1. The van der Waals surface area contributed by atoms with Gasteiger partial charge in [-0.1, -0.05) is 38.8 Å². The van der Waals surface area contributed by atoms with E-state index in [1.54, 1.807) is 0 Å². The summed E-state index contributed by atoms with van der Waals surface area (Å²) in [7, 11) is 0. The molecule has 7 heteroatoms. The zero-order chi connectivity index (χ0) is 20.1. The van der Waals surface area contributed by atoms with E-state index in [1.807, 2.05) is 24.3 Å². The summed E-state index contributed by atoms with van der Waals surface area (Å²) in [6.07, 6.45) is 4.48. The van der Waals surface area contributed by atoms with Crippen molar-refractivity contribution in [1.29, 1.82) is 0 Å². The Kier molecular flexibility index (Phi) is 14.6. The average Bonchev–Trinajstić information content (AvgIpc) is 2.60. The first kappa shape index (κ1) is 26.5. The maximum atomic E-state index is 10.7. The predicted molar refractivity (Wildman–Crippen MR) is 128 cm³/mol. The summed E-state index contributed by atoms with van der Waals surface area (Å²) >= 11 is 0. The van der Waals surface area contributed by atoms with Crippen LogP contribution in [-0.2, 0) is 11.2 Å². The fourth-order valence-corrected chi connectivity index (χ4v) is 2.66. The molecule has 1 aromatic rings. The van der Waals surface area contributed by atoms with Crippen LogP contribution in [0.3, 0.4) is 0 Å². The maximum absolute atomic E-state index is 10.7. The number of nitrogens with zero attached hydrogens (tertiary/aromatic N) is 1. The lowest BCUT2D eigenvalue weighted by Gasteiger charge is -2.18. The van der Waals surface area contributed by atoms with Crippen LogP contribution in [0.5, 0.6) is 5.75 Å². The average molecular weight is 504 g/mol. The molecular formula is C21H37IN4O2. The fraction of sp³-hybridized carbons (Fsp3) is 0.619. The molecule has 1 unspecified atom stereocenters. The third-order valence-corrected chi connectivity index (χ3v) is 4.12. The van der Waals surface area contributed by atoms with Crippen LogP contribution in [0.15, 0.2) is 29.3 Å². The molecule has 0 saturated heterocycles. The molecule has 0 saturated carbocycles. The minimum Gasteiger partial charge on any atom is -0.484 e. The van der Waals surface area contributed by atoms with E-state index in [9.17, 15) is 4.79 Å². The standard InChI is InChI=1S/C21H36N4O2.HI/c1-5-23-21(25-17(4)8-6-7-16(2)3)24-14-13-18-9-11-19(12-10-18)27-15-20(22)26;/h9-12,16-17H,5-8,13-15H2,1-4H3,(H2,22,26)(H2,23,24,25);1H. The lowest BCUT2D eigenvalue weighted by molar-refractivity contribution is -0.119. The Labute approximate surface area is 187 Å².